The third kappa shape index (κ3) is 1.83. The topological polar surface area (TPSA) is 78.9 Å². The second kappa shape index (κ2) is 5.79. The van der Waals surface area contributed by atoms with Gasteiger partial charge in [0.05, 0.1) is 13.2 Å². The minimum absolute atomic E-state index is 0.297. The number of nitrogens with one attached hydrogen (secondary N) is 1. The van der Waals surface area contributed by atoms with Crippen molar-refractivity contribution in [1.29, 1.82) is 0 Å². The lowest BCUT2D eigenvalue weighted by Crippen LogP contribution is -2.63. The first-order valence-electron chi connectivity index (χ1n) is 8.74. The zero-order valence-electron chi connectivity index (χ0n) is 14.8. The molecule has 0 aromatic heterocycles. The summed E-state index contributed by atoms with van der Waals surface area (Å²) in [4.78, 5) is 28.3. The lowest BCUT2D eigenvalue weighted by atomic mass is 9.61. The fourth-order valence-electron chi connectivity index (χ4n) is 5.00. The second-order valence-electron chi connectivity index (χ2n) is 7.14. The fraction of sp³-hybridized carbons (Fsp3) is 0.400. The molecule has 6 heteroatoms. The number of anilines is 1. The SMILES string of the molecule is COC(=O)C1(C(O)C2C=CC=C2)CCN(C)[C@@]12C(=O)Nc1ccccc12. The number of carbonyl (C=O) groups excluding carboxylic acids is 2. The summed E-state index contributed by atoms with van der Waals surface area (Å²) in [5, 5.41) is 14.3. The second-order valence-corrected chi connectivity index (χ2v) is 7.14. The standard InChI is InChI=1S/C20H22N2O4/c1-22-12-11-19(18(25)26-2,16(23)13-7-3-4-8-13)20(22)14-9-5-6-10-15(14)21-17(20)24/h3-10,13,16,23H,11-12H2,1-2H3,(H,21,24)/t16?,19?,20-/m0/s1. The summed E-state index contributed by atoms with van der Waals surface area (Å²) >= 11 is 0. The Kier molecular flexibility index (Phi) is 3.78. The minimum Gasteiger partial charge on any atom is -0.468 e. The molecule has 1 saturated heterocycles. The van der Waals surface area contributed by atoms with Crippen molar-refractivity contribution in [1.82, 2.24) is 4.90 Å². The van der Waals surface area contributed by atoms with E-state index < -0.39 is 23.0 Å². The molecule has 2 aliphatic heterocycles. The Morgan fingerprint density at radius 2 is 2.04 bits per heavy atom. The van der Waals surface area contributed by atoms with Crippen LogP contribution in [0.3, 0.4) is 0 Å². The Morgan fingerprint density at radius 1 is 1.35 bits per heavy atom. The van der Waals surface area contributed by atoms with E-state index in [1.54, 1.807) is 0 Å². The number of hydrogen-bond donors (Lipinski definition) is 2. The van der Waals surface area contributed by atoms with Crippen molar-refractivity contribution in [2.24, 2.45) is 11.3 Å². The van der Waals surface area contributed by atoms with Crippen LogP contribution in [0.15, 0.2) is 48.6 Å². The van der Waals surface area contributed by atoms with Gasteiger partial charge in [-0.3, -0.25) is 14.5 Å². The van der Waals surface area contributed by atoms with Gasteiger partial charge in [0.2, 0.25) is 0 Å². The van der Waals surface area contributed by atoms with Gasteiger partial charge < -0.3 is 15.2 Å². The van der Waals surface area contributed by atoms with Crippen molar-refractivity contribution in [3.8, 4) is 0 Å². The molecule has 0 radical (unpaired) electrons. The first kappa shape index (κ1) is 17.0. The molecule has 1 aromatic carbocycles. The normalized spacial score (nSPS) is 31.4. The number of para-hydroxylation sites is 1. The van der Waals surface area contributed by atoms with E-state index in [-0.39, 0.29) is 11.8 Å². The molecule has 136 valence electrons. The van der Waals surface area contributed by atoms with Crippen molar-refractivity contribution in [3.63, 3.8) is 0 Å². The number of allylic oxidation sites excluding steroid dienone is 2. The molecule has 1 amide bonds. The number of methoxy groups -OCH3 is 1. The molecule has 1 aliphatic carbocycles. The summed E-state index contributed by atoms with van der Waals surface area (Å²) in [6.07, 6.45) is 6.61. The van der Waals surface area contributed by atoms with Crippen LogP contribution in [0, 0.1) is 11.3 Å². The number of aliphatic hydroxyl groups is 1. The molecule has 0 bridgehead atoms. The molecule has 2 N–H and O–H groups in total. The number of ether oxygens (including phenoxy) is 1. The van der Waals surface area contributed by atoms with Crippen LogP contribution in [0.2, 0.25) is 0 Å². The largest absolute Gasteiger partial charge is 0.468 e. The molecule has 4 rings (SSSR count). The van der Waals surface area contributed by atoms with Crippen molar-refractivity contribution in [2.45, 2.75) is 18.1 Å². The van der Waals surface area contributed by atoms with E-state index in [1.807, 2.05) is 60.5 Å². The molecule has 2 heterocycles. The minimum atomic E-state index is -1.41. The van der Waals surface area contributed by atoms with Gasteiger partial charge in [-0.2, -0.15) is 0 Å². The van der Waals surface area contributed by atoms with Crippen LogP contribution in [0.4, 0.5) is 5.69 Å². The van der Waals surface area contributed by atoms with E-state index in [2.05, 4.69) is 5.32 Å². The molecule has 1 aromatic rings. The fourth-order valence-corrected chi connectivity index (χ4v) is 5.00. The van der Waals surface area contributed by atoms with Crippen LogP contribution >= 0.6 is 0 Å². The summed E-state index contributed by atoms with van der Waals surface area (Å²) < 4.78 is 5.16. The molecule has 6 nitrogen and oxygen atoms in total. The molecule has 3 aliphatic rings. The van der Waals surface area contributed by atoms with Crippen LogP contribution in [0.25, 0.3) is 0 Å². The Bertz CT molecular complexity index is 821. The molecule has 26 heavy (non-hydrogen) atoms. The summed E-state index contributed by atoms with van der Waals surface area (Å²) in [6, 6.07) is 7.35. The number of esters is 1. The third-order valence-electron chi connectivity index (χ3n) is 6.15. The Balaban J connectivity index is 1.99. The van der Waals surface area contributed by atoms with Gasteiger partial charge >= 0.3 is 5.97 Å². The van der Waals surface area contributed by atoms with E-state index in [0.29, 0.717) is 24.2 Å². The van der Waals surface area contributed by atoms with E-state index >= 15 is 0 Å². The van der Waals surface area contributed by atoms with Gasteiger partial charge in [0.25, 0.3) is 5.91 Å². The molecular weight excluding hydrogens is 332 g/mol. The Morgan fingerprint density at radius 3 is 2.73 bits per heavy atom. The number of likely N-dealkylation sites (N-methyl/N-ethyl adjacent to an activating group) is 1. The summed E-state index contributed by atoms with van der Waals surface area (Å²) in [6.45, 7) is 0.494. The van der Waals surface area contributed by atoms with E-state index in [1.165, 1.54) is 7.11 Å². The maximum atomic E-state index is 13.3. The predicted molar refractivity (Wildman–Crippen MR) is 96.2 cm³/mol. The quantitative estimate of drug-likeness (QED) is 0.803. The highest BCUT2D eigenvalue weighted by molar-refractivity contribution is 6.10. The van der Waals surface area contributed by atoms with E-state index in [0.717, 1.165) is 0 Å². The maximum Gasteiger partial charge on any atom is 0.317 e. The van der Waals surface area contributed by atoms with Gasteiger partial charge in [0.15, 0.2) is 0 Å². The van der Waals surface area contributed by atoms with Gasteiger partial charge in [0.1, 0.15) is 11.0 Å². The Hall–Kier alpha value is -2.44. The number of fused-ring (bicyclic) bond motifs is 2. The lowest BCUT2D eigenvalue weighted by molar-refractivity contribution is -0.176. The first-order valence-corrected chi connectivity index (χ1v) is 8.74. The van der Waals surface area contributed by atoms with E-state index in [4.69, 9.17) is 4.74 Å². The van der Waals surface area contributed by atoms with Crippen LogP contribution in [0.5, 0.6) is 0 Å². The zero-order chi connectivity index (χ0) is 18.5. The number of benzene rings is 1. The summed E-state index contributed by atoms with van der Waals surface area (Å²) in [5.41, 5.74) is -1.33. The molecule has 0 saturated carbocycles. The number of amides is 1. The van der Waals surface area contributed by atoms with Crippen molar-refractivity contribution in [3.05, 3.63) is 54.1 Å². The predicted octanol–water partition coefficient (Wildman–Crippen LogP) is 1.43. The highest BCUT2D eigenvalue weighted by atomic mass is 16.5. The first-order chi connectivity index (χ1) is 12.5. The molecule has 1 fully saturated rings. The van der Waals surface area contributed by atoms with Crippen LogP contribution < -0.4 is 5.32 Å². The van der Waals surface area contributed by atoms with Crippen LogP contribution in [-0.2, 0) is 19.9 Å². The molecule has 3 atom stereocenters. The van der Waals surface area contributed by atoms with Crippen LogP contribution in [-0.4, -0.2) is 48.7 Å². The maximum absolute atomic E-state index is 13.3. The Labute approximate surface area is 152 Å². The summed E-state index contributed by atoms with van der Waals surface area (Å²) in [7, 11) is 3.13. The number of likely N-dealkylation sites (tertiary alicyclic amines) is 1. The molecule has 1 spiro atoms. The number of carbonyl (C=O) groups is 2. The molecular formula is C20H22N2O4. The average Bonchev–Trinajstić information content (AvgIpc) is 3.35. The van der Waals surface area contributed by atoms with Crippen molar-refractivity contribution in [2.75, 3.05) is 26.0 Å². The van der Waals surface area contributed by atoms with Gasteiger partial charge in [-0.15, -0.1) is 0 Å². The van der Waals surface area contributed by atoms with Crippen LogP contribution in [0.1, 0.15) is 12.0 Å². The zero-order valence-corrected chi connectivity index (χ0v) is 14.8. The van der Waals surface area contributed by atoms with Crippen molar-refractivity contribution < 1.29 is 19.4 Å². The highest BCUT2D eigenvalue weighted by Crippen LogP contribution is 2.60. The lowest BCUT2D eigenvalue weighted by Gasteiger charge is -2.46. The smallest absolute Gasteiger partial charge is 0.317 e. The van der Waals surface area contributed by atoms with E-state index in [9.17, 15) is 14.7 Å². The van der Waals surface area contributed by atoms with Gasteiger partial charge in [-0.1, -0.05) is 42.5 Å². The number of rotatable bonds is 3. The number of nitrogens with zero attached hydrogens (tertiary/aromatic N) is 1. The highest BCUT2D eigenvalue weighted by Gasteiger charge is 2.73. The summed E-state index contributed by atoms with van der Waals surface area (Å²) in [5.74, 6) is -1.21. The van der Waals surface area contributed by atoms with Gasteiger partial charge in [-0.25, -0.2) is 0 Å². The number of hydrogen-bond acceptors (Lipinski definition) is 5. The molecule has 2 unspecified atom stereocenters. The monoisotopic (exact) mass is 354 g/mol. The van der Waals surface area contributed by atoms with Gasteiger partial charge in [0, 0.05) is 23.7 Å². The third-order valence-corrected chi connectivity index (χ3v) is 6.15. The number of aliphatic hydroxyl groups excluding tert-OH is 1. The van der Waals surface area contributed by atoms with Crippen molar-refractivity contribution >= 4 is 17.6 Å². The average molecular weight is 354 g/mol. The van der Waals surface area contributed by atoms with Gasteiger partial charge in [-0.05, 0) is 19.5 Å².